The highest BCUT2D eigenvalue weighted by molar-refractivity contribution is 5.83. The molecule has 136 valence electrons. The van der Waals surface area contributed by atoms with Crippen molar-refractivity contribution in [3.8, 4) is 0 Å². The number of carbonyl (C=O) groups is 2. The minimum absolute atomic E-state index is 0.149. The second kappa shape index (κ2) is 6.50. The van der Waals surface area contributed by atoms with Crippen molar-refractivity contribution in [3.05, 3.63) is 24.2 Å². The highest BCUT2D eigenvalue weighted by atomic mass is 16.5. The predicted molar refractivity (Wildman–Crippen MR) is 91.3 cm³/mol. The fourth-order valence-electron chi connectivity index (χ4n) is 5.84. The number of hydrogen-bond acceptors (Lipinski definition) is 4. The molecule has 4 aliphatic carbocycles. The summed E-state index contributed by atoms with van der Waals surface area (Å²) in [6, 6.07) is 3.57. The van der Waals surface area contributed by atoms with Gasteiger partial charge in [-0.05, 0) is 80.8 Å². The number of amides is 1. The lowest BCUT2D eigenvalue weighted by atomic mass is 9.49. The Morgan fingerprint density at radius 1 is 1.24 bits per heavy atom. The first-order valence-corrected chi connectivity index (χ1v) is 9.51. The van der Waals surface area contributed by atoms with Crippen LogP contribution in [0.25, 0.3) is 0 Å². The summed E-state index contributed by atoms with van der Waals surface area (Å²) in [5, 5.41) is 2.74. The Bertz CT molecular complexity index is 601. The third-order valence-corrected chi connectivity index (χ3v) is 6.38. The van der Waals surface area contributed by atoms with E-state index in [0.717, 1.165) is 17.8 Å². The Kier molecular flexibility index (Phi) is 4.34. The average Bonchev–Trinajstić information content (AvgIpc) is 3.03. The van der Waals surface area contributed by atoms with Gasteiger partial charge < -0.3 is 14.5 Å². The smallest absolute Gasteiger partial charge is 0.307 e. The molecule has 4 fully saturated rings. The van der Waals surface area contributed by atoms with Crippen LogP contribution in [0.4, 0.5) is 0 Å². The number of rotatable bonds is 6. The molecule has 4 bridgehead atoms. The molecule has 1 aromatic heterocycles. The highest BCUT2D eigenvalue weighted by Crippen LogP contribution is 2.61. The minimum atomic E-state index is -0.767. The minimum Gasteiger partial charge on any atom is -0.467 e. The number of carbonyl (C=O) groups excluding carboxylic acids is 2. The Labute approximate surface area is 148 Å². The average molecular weight is 345 g/mol. The van der Waals surface area contributed by atoms with Crippen LogP contribution in [0.3, 0.4) is 0 Å². The lowest BCUT2D eigenvalue weighted by molar-refractivity contribution is -0.161. The molecular formula is C20H27NO4. The largest absolute Gasteiger partial charge is 0.467 e. The lowest BCUT2D eigenvalue weighted by Crippen LogP contribution is -2.47. The summed E-state index contributed by atoms with van der Waals surface area (Å²) < 4.78 is 10.6. The van der Waals surface area contributed by atoms with Crippen LogP contribution in [0.15, 0.2) is 22.8 Å². The van der Waals surface area contributed by atoms with Gasteiger partial charge in [0, 0.05) is 0 Å². The van der Waals surface area contributed by atoms with Crippen molar-refractivity contribution < 1.29 is 18.7 Å². The van der Waals surface area contributed by atoms with Gasteiger partial charge in [0.2, 0.25) is 0 Å². The normalized spacial score (nSPS) is 33.9. The van der Waals surface area contributed by atoms with Gasteiger partial charge in [-0.25, -0.2) is 0 Å². The molecule has 0 unspecified atom stereocenters. The topological polar surface area (TPSA) is 68.5 Å². The van der Waals surface area contributed by atoms with Crippen LogP contribution in [0, 0.1) is 23.2 Å². The number of ether oxygens (including phenoxy) is 1. The molecule has 4 aliphatic rings. The van der Waals surface area contributed by atoms with Crippen LogP contribution in [0.2, 0.25) is 0 Å². The third kappa shape index (κ3) is 3.60. The van der Waals surface area contributed by atoms with Gasteiger partial charge in [-0.2, -0.15) is 0 Å². The summed E-state index contributed by atoms with van der Waals surface area (Å²) in [5.41, 5.74) is 0.149. The molecule has 1 atom stereocenters. The Balaban J connectivity index is 1.27. The summed E-state index contributed by atoms with van der Waals surface area (Å²) in [6.45, 7) is 1.94. The van der Waals surface area contributed by atoms with Gasteiger partial charge in [0.15, 0.2) is 6.10 Å². The Morgan fingerprint density at radius 3 is 2.44 bits per heavy atom. The number of hydrogen-bond donors (Lipinski definition) is 1. The van der Waals surface area contributed by atoms with E-state index < -0.39 is 6.10 Å². The summed E-state index contributed by atoms with van der Waals surface area (Å²) in [7, 11) is 0. The molecule has 1 N–H and O–H groups in total. The van der Waals surface area contributed by atoms with E-state index in [4.69, 9.17) is 9.15 Å². The summed E-state index contributed by atoms with van der Waals surface area (Å²) in [6.07, 6.45) is 8.88. The molecule has 0 spiro atoms. The lowest BCUT2D eigenvalue weighted by Gasteiger charge is -2.56. The Hall–Kier alpha value is -1.78. The molecule has 0 saturated heterocycles. The van der Waals surface area contributed by atoms with Crippen LogP contribution in [-0.2, 0) is 20.9 Å². The van der Waals surface area contributed by atoms with Crippen molar-refractivity contribution in [1.82, 2.24) is 5.32 Å². The molecule has 1 amide bonds. The van der Waals surface area contributed by atoms with Crippen molar-refractivity contribution in [2.45, 2.75) is 64.5 Å². The van der Waals surface area contributed by atoms with Gasteiger partial charge in [0.05, 0.1) is 19.2 Å². The molecule has 5 nitrogen and oxygen atoms in total. The number of nitrogens with one attached hydrogen (secondary N) is 1. The first-order valence-electron chi connectivity index (χ1n) is 9.51. The van der Waals surface area contributed by atoms with Crippen LogP contribution < -0.4 is 5.32 Å². The van der Waals surface area contributed by atoms with Crippen molar-refractivity contribution in [1.29, 1.82) is 0 Å². The van der Waals surface area contributed by atoms with Gasteiger partial charge in [-0.15, -0.1) is 0 Å². The predicted octanol–water partition coefficient (Wildman–Crippen LogP) is 3.43. The second-order valence-corrected chi connectivity index (χ2v) is 8.52. The van der Waals surface area contributed by atoms with Crippen molar-refractivity contribution in [2.24, 2.45) is 23.2 Å². The van der Waals surface area contributed by atoms with E-state index >= 15 is 0 Å². The van der Waals surface area contributed by atoms with E-state index in [-0.39, 0.29) is 17.3 Å². The number of esters is 1. The maximum absolute atomic E-state index is 12.5. The van der Waals surface area contributed by atoms with Crippen molar-refractivity contribution in [3.63, 3.8) is 0 Å². The molecule has 4 saturated carbocycles. The van der Waals surface area contributed by atoms with E-state index in [1.165, 1.54) is 38.5 Å². The fraction of sp³-hybridized carbons (Fsp3) is 0.700. The molecule has 5 heteroatoms. The SMILES string of the molecule is C[C@@H](OC(=O)CC12CC3CC(CC(C3)C1)C2)C(=O)NCc1ccco1. The monoisotopic (exact) mass is 345 g/mol. The third-order valence-electron chi connectivity index (χ3n) is 6.38. The first-order chi connectivity index (χ1) is 12.0. The second-order valence-electron chi connectivity index (χ2n) is 8.52. The molecule has 1 aromatic rings. The van der Waals surface area contributed by atoms with E-state index in [2.05, 4.69) is 5.32 Å². The number of furan rings is 1. The van der Waals surface area contributed by atoms with E-state index in [0.29, 0.717) is 18.7 Å². The van der Waals surface area contributed by atoms with Gasteiger partial charge in [0.25, 0.3) is 5.91 Å². The molecule has 0 radical (unpaired) electrons. The molecule has 5 rings (SSSR count). The van der Waals surface area contributed by atoms with Crippen LogP contribution >= 0.6 is 0 Å². The Morgan fingerprint density at radius 2 is 1.88 bits per heavy atom. The summed E-state index contributed by atoms with van der Waals surface area (Å²) in [4.78, 5) is 24.6. The maximum Gasteiger partial charge on any atom is 0.307 e. The van der Waals surface area contributed by atoms with Crippen molar-refractivity contribution >= 4 is 11.9 Å². The van der Waals surface area contributed by atoms with Crippen LogP contribution in [-0.4, -0.2) is 18.0 Å². The van der Waals surface area contributed by atoms with Gasteiger partial charge in [-0.3, -0.25) is 9.59 Å². The van der Waals surface area contributed by atoms with Crippen LogP contribution in [0.5, 0.6) is 0 Å². The van der Waals surface area contributed by atoms with Crippen molar-refractivity contribution in [2.75, 3.05) is 0 Å². The van der Waals surface area contributed by atoms with Crippen LogP contribution in [0.1, 0.15) is 57.6 Å². The molecular weight excluding hydrogens is 318 g/mol. The summed E-state index contributed by atoms with van der Waals surface area (Å²) in [5.74, 6) is 2.62. The first kappa shape index (κ1) is 16.7. The van der Waals surface area contributed by atoms with Gasteiger partial charge in [-0.1, -0.05) is 0 Å². The quantitative estimate of drug-likeness (QED) is 0.802. The van der Waals surface area contributed by atoms with Gasteiger partial charge in [0.1, 0.15) is 5.76 Å². The van der Waals surface area contributed by atoms with E-state index in [1.54, 1.807) is 25.3 Å². The van der Waals surface area contributed by atoms with E-state index in [9.17, 15) is 9.59 Å². The summed E-state index contributed by atoms with van der Waals surface area (Å²) >= 11 is 0. The zero-order chi connectivity index (χ0) is 17.4. The van der Waals surface area contributed by atoms with E-state index in [1.807, 2.05) is 0 Å². The maximum atomic E-state index is 12.5. The van der Waals surface area contributed by atoms with Gasteiger partial charge >= 0.3 is 5.97 Å². The highest BCUT2D eigenvalue weighted by Gasteiger charge is 2.51. The molecule has 25 heavy (non-hydrogen) atoms. The molecule has 0 aromatic carbocycles. The zero-order valence-corrected chi connectivity index (χ0v) is 14.8. The zero-order valence-electron chi connectivity index (χ0n) is 14.8. The standard InChI is InChI=1S/C20H27NO4/c1-13(19(23)21-12-17-3-2-4-24-17)25-18(22)11-20-8-14-5-15(9-20)7-16(6-14)10-20/h2-4,13-16H,5-12H2,1H3,(H,21,23)/t13-,14?,15?,16?,20?/m1/s1. The fourth-order valence-corrected chi connectivity index (χ4v) is 5.84. The molecule has 0 aliphatic heterocycles. The molecule has 1 heterocycles.